The summed E-state index contributed by atoms with van der Waals surface area (Å²) in [7, 11) is 5.57. The standard InChI is InChI=1S/C20H25N3O3/c1-22(2)14-17-19(15-7-5-4-6-8-15)23(11-12-26-17)20(24)16-9-10-21-18(13-16)25-3/h4-10,13,17,19H,11-12,14H2,1-3H3/t17-,19-/m0/s1. The van der Waals surface area contributed by atoms with E-state index in [4.69, 9.17) is 9.47 Å². The molecule has 0 spiro atoms. The van der Waals surface area contributed by atoms with Crippen LogP contribution in [0.5, 0.6) is 5.88 Å². The highest BCUT2D eigenvalue weighted by Gasteiger charge is 2.37. The van der Waals surface area contributed by atoms with Crippen LogP contribution in [0.25, 0.3) is 0 Å². The number of benzene rings is 1. The first-order chi connectivity index (χ1) is 12.6. The number of carbonyl (C=O) groups excluding carboxylic acids is 1. The quantitative estimate of drug-likeness (QED) is 0.823. The van der Waals surface area contributed by atoms with E-state index in [9.17, 15) is 4.79 Å². The Balaban J connectivity index is 1.95. The number of nitrogens with zero attached hydrogens (tertiary/aromatic N) is 3. The van der Waals surface area contributed by atoms with Gasteiger partial charge in [0, 0.05) is 30.9 Å². The van der Waals surface area contributed by atoms with Gasteiger partial charge in [-0.15, -0.1) is 0 Å². The molecule has 3 rings (SSSR count). The highest BCUT2D eigenvalue weighted by molar-refractivity contribution is 5.94. The molecule has 26 heavy (non-hydrogen) atoms. The Morgan fingerprint density at radius 3 is 2.77 bits per heavy atom. The summed E-state index contributed by atoms with van der Waals surface area (Å²) >= 11 is 0. The lowest BCUT2D eigenvalue weighted by atomic mass is 9.96. The maximum Gasteiger partial charge on any atom is 0.254 e. The number of morpholine rings is 1. The number of carbonyl (C=O) groups is 1. The van der Waals surface area contributed by atoms with Gasteiger partial charge in [0.25, 0.3) is 5.91 Å². The second-order valence-corrected chi connectivity index (χ2v) is 6.61. The Morgan fingerprint density at radius 2 is 2.08 bits per heavy atom. The lowest BCUT2D eigenvalue weighted by Crippen LogP contribution is -2.51. The van der Waals surface area contributed by atoms with Crippen molar-refractivity contribution in [1.29, 1.82) is 0 Å². The van der Waals surface area contributed by atoms with Gasteiger partial charge < -0.3 is 19.3 Å². The summed E-state index contributed by atoms with van der Waals surface area (Å²) in [5.41, 5.74) is 1.65. The van der Waals surface area contributed by atoms with Gasteiger partial charge in [-0.2, -0.15) is 0 Å². The van der Waals surface area contributed by atoms with Crippen molar-refractivity contribution >= 4 is 5.91 Å². The molecule has 138 valence electrons. The molecule has 1 aliphatic rings. The van der Waals surface area contributed by atoms with Crippen molar-refractivity contribution in [3.8, 4) is 5.88 Å². The van der Waals surface area contributed by atoms with E-state index in [-0.39, 0.29) is 18.1 Å². The van der Waals surface area contributed by atoms with E-state index >= 15 is 0 Å². The van der Waals surface area contributed by atoms with E-state index in [1.54, 1.807) is 25.4 Å². The molecule has 1 fully saturated rings. The van der Waals surface area contributed by atoms with Crippen LogP contribution in [0.15, 0.2) is 48.7 Å². The first kappa shape index (κ1) is 18.4. The van der Waals surface area contributed by atoms with Gasteiger partial charge >= 0.3 is 0 Å². The third-order valence-electron chi connectivity index (χ3n) is 4.49. The summed E-state index contributed by atoms with van der Waals surface area (Å²) in [6, 6.07) is 13.3. The topological polar surface area (TPSA) is 54.9 Å². The van der Waals surface area contributed by atoms with Crippen LogP contribution < -0.4 is 4.74 Å². The van der Waals surface area contributed by atoms with Crippen molar-refractivity contribution in [2.45, 2.75) is 12.1 Å². The van der Waals surface area contributed by atoms with Crippen LogP contribution in [0.4, 0.5) is 0 Å². The van der Waals surface area contributed by atoms with E-state index in [1.807, 2.05) is 37.2 Å². The van der Waals surface area contributed by atoms with Crippen LogP contribution in [0, 0.1) is 0 Å². The van der Waals surface area contributed by atoms with E-state index in [0.29, 0.717) is 24.6 Å². The molecule has 0 aliphatic carbocycles. The molecule has 2 atom stereocenters. The molecule has 0 bridgehead atoms. The molecule has 2 aromatic rings. The largest absolute Gasteiger partial charge is 0.481 e. The molecule has 0 N–H and O–H groups in total. The van der Waals surface area contributed by atoms with Gasteiger partial charge in [-0.3, -0.25) is 4.79 Å². The second-order valence-electron chi connectivity index (χ2n) is 6.61. The number of amides is 1. The molecule has 1 amide bonds. The van der Waals surface area contributed by atoms with Gasteiger partial charge in [-0.05, 0) is 25.7 Å². The van der Waals surface area contributed by atoms with Crippen LogP contribution in [0.3, 0.4) is 0 Å². The Bertz CT molecular complexity index is 736. The SMILES string of the molecule is COc1cc(C(=O)N2CCO[C@@H](CN(C)C)[C@@H]2c2ccccc2)ccn1. The summed E-state index contributed by atoms with van der Waals surface area (Å²) in [6.07, 6.45) is 1.51. The van der Waals surface area contributed by atoms with Crippen LogP contribution >= 0.6 is 0 Å². The molecule has 0 saturated carbocycles. The maximum absolute atomic E-state index is 13.3. The van der Waals surface area contributed by atoms with Crippen molar-refractivity contribution in [3.05, 3.63) is 59.8 Å². The molecule has 1 aromatic carbocycles. The minimum Gasteiger partial charge on any atom is -0.481 e. The van der Waals surface area contributed by atoms with Crippen LogP contribution in [-0.2, 0) is 4.74 Å². The zero-order valence-electron chi connectivity index (χ0n) is 15.5. The van der Waals surface area contributed by atoms with Gasteiger partial charge in [0.05, 0.1) is 25.9 Å². The first-order valence-corrected chi connectivity index (χ1v) is 8.72. The minimum absolute atomic E-state index is 0.0355. The second kappa shape index (κ2) is 8.29. The van der Waals surface area contributed by atoms with Crippen molar-refractivity contribution in [1.82, 2.24) is 14.8 Å². The average Bonchev–Trinajstić information content (AvgIpc) is 2.67. The fraction of sp³-hybridized carbons (Fsp3) is 0.400. The highest BCUT2D eigenvalue weighted by atomic mass is 16.5. The number of hydrogen-bond acceptors (Lipinski definition) is 5. The number of methoxy groups -OCH3 is 1. The summed E-state index contributed by atoms with van der Waals surface area (Å²) in [5.74, 6) is 0.400. The number of hydrogen-bond donors (Lipinski definition) is 0. The number of likely N-dealkylation sites (N-methyl/N-ethyl adjacent to an activating group) is 1. The predicted octanol–water partition coefficient (Wildman–Crippen LogP) is 2.23. The third-order valence-corrected chi connectivity index (χ3v) is 4.49. The average molecular weight is 355 g/mol. The Kier molecular flexibility index (Phi) is 5.85. The van der Waals surface area contributed by atoms with Gasteiger partial charge in [0.15, 0.2) is 0 Å². The van der Waals surface area contributed by atoms with Crippen molar-refractivity contribution in [2.24, 2.45) is 0 Å². The third kappa shape index (κ3) is 4.03. The van der Waals surface area contributed by atoms with E-state index < -0.39 is 0 Å². The summed E-state index contributed by atoms with van der Waals surface area (Å²) < 4.78 is 11.2. The Hall–Kier alpha value is -2.44. The number of ether oxygens (including phenoxy) is 2. The maximum atomic E-state index is 13.3. The van der Waals surface area contributed by atoms with Gasteiger partial charge in [0.1, 0.15) is 0 Å². The van der Waals surface area contributed by atoms with Gasteiger partial charge in [0.2, 0.25) is 5.88 Å². The normalized spacial score (nSPS) is 20.2. The molecule has 0 radical (unpaired) electrons. The lowest BCUT2D eigenvalue weighted by molar-refractivity contribution is -0.0684. The number of aromatic nitrogens is 1. The molecule has 1 aliphatic heterocycles. The molecule has 6 heteroatoms. The molecule has 1 saturated heterocycles. The van der Waals surface area contributed by atoms with Crippen molar-refractivity contribution in [3.63, 3.8) is 0 Å². The molecule has 2 heterocycles. The zero-order chi connectivity index (χ0) is 18.5. The lowest BCUT2D eigenvalue weighted by Gasteiger charge is -2.42. The smallest absolute Gasteiger partial charge is 0.254 e. The summed E-state index contributed by atoms with van der Waals surface area (Å²) in [4.78, 5) is 21.3. The number of pyridine rings is 1. The Labute approximate surface area is 154 Å². The first-order valence-electron chi connectivity index (χ1n) is 8.72. The Morgan fingerprint density at radius 1 is 1.31 bits per heavy atom. The molecule has 0 unspecified atom stereocenters. The molecule has 1 aromatic heterocycles. The summed E-state index contributed by atoms with van der Waals surface area (Å²) in [6.45, 7) is 1.81. The zero-order valence-corrected chi connectivity index (χ0v) is 15.5. The van der Waals surface area contributed by atoms with E-state index in [0.717, 1.165) is 12.1 Å². The number of rotatable bonds is 5. The molecular weight excluding hydrogens is 330 g/mol. The van der Waals surface area contributed by atoms with Gasteiger partial charge in [-0.25, -0.2) is 4.98 Å². The predicted molar refractivity (Wildman–Crippen MR) is 99.3 cm³/mol. The van der Waals surface area contributed by atoms with E-state index in [2.05, 4.69) is 22.0 Å². The monoisotopic (exact) mass is 355 g/mol. The fourth-order valence-electron chi connectivity index (χ4n) is 3.34. The highest BCUT2D eigenvalue weighted by Crippen LogP contribution is 2.31. The van der Waals surface area contributed by atoms with Crippen molar-refractivity contribution < 1.29 is 14.3 Å². The molecule has 6 nitrogen and oxygen atoms in total. The van der Waals surface area contributed by atoms with E-state index in [1.165, 1.54) is 0 Å². The fourth-order valence-corrected chi connectivity index (χ4v) is 3.34. The van der Waals surface area contributed by atoms with Crippen LogP contribution in [0.2, 0.25) is 0 Å². The summed E-state index contributed by atoms with van der Waals surface area (Å²) in [5, 5.41) is 0. The minimum atomic E-state index is -0.140. The van der Waals surface area contributed by atoms with Crippen molar-refractivity contribution in [2.75, 3.05) is 40.9 Å². The van der Waals surface area contributed by atoms with Crippen LogP contribution in [-0.4, -0.2) is 67.7 Å². The van der Waals surface area contributed by atoms with Crippen LogP contribution in [0.1, 0.15) is 22.0 Å². The van der Waals surface area contributed by atoms with Gasteiger partial charge in [-0.1, -0.05) is 30.3 Å². The molecular formula is C20H25N3O3.